The number of benzene rings is 1. The van der Waals surface area contributed by atoms with Gasteiger partial charge >= 0.3 is 0 Å². The van der Waals surface area contributed by atoms with Crippen LogP contribution in [-0.4, -0.2) is 16.6 Å². The van der Waals surface area contributed by atoms with Crippen molar-refractivity contribution in [2.24, 2.45) is 5.92 Å². The number of nitrogens with one attached hydrogen (secondary N) is 2. The lowest BCUT2D eigenvalue weighted by atomic mass is 9.97. The van der Waals surface area contributed by atoms with Crippen LogP contribution in [0.15, 0.2) is 48.7 Å². The van der Waals surface area contributed by atoms with E-state index >= 15 is 0 Å². The van der Waals surface area contributed by atoms with Gasteiger partial charge in [0.25, 0.3) is 0 Å². The van der Waals surface area contributed by atoms with Gasteiger partial charge in [-0.1, -0.05) is 49.7 Å². The van der Waals surface area contributed by atoms with Crippen LogP contribution in [0.1, 0.15) is 24.5 Å². The Balaban J connectivity index is 1.79. The maximum Gasteiger partial charge on any atom is 0.171 e. The summed E-state index contributed by atoms with van der Waals surface area (Å²) < 4.78 is 0. The Hall–Kier alpha value is -1.94. The fourth-order valence-electron chi connectivity index (χ4n) is 2.25. The topological polar surface area (TPSA) is 37.0 Å². The van der Waals surface area contributed by atoms with Crippen molar-refractivity contribution < 1.29 is 0 Å². The van der Waals surface area contributed by atoms with Crippen LogP contribution in [0.4, 0.5) is 5.82 Å². The smallest absolute Gasteiger partial charge is 0.171 e. The lowest BCUT2D eigenvalue weighted by Gasteiger charge is -2.17. The zero-order valence-electron chi connectivity index (χ0n) is 13.2. The molecule has 0 aliphatic carbocycles. The molecule has 0 aliphatic rings. The molecule has 0 unspecified atom stereocenters. The molecule has 0 amide bonds. The number of pyridine rings is 1. The summed E-state index contributed by atoms with van der Waals surface area (Å²) in [5, 5.41) is 7.05. The maximum atomic E-state index is 5.34. The Bertz CT molecular complexity index is 581. The second-order valence-corrected chi connectivity index (χ2v) is 5.93. The number of hydrogen-bond donors (Lipinski definition) is 2. The van der Waals surface area contributed by atoms with E-state index < -0.39 is 0 Å². The first-order valence-corrected chi connectivity index (χ1v) is 8.09. The quantitative estimate of drug-likeness (QED) is 0.792. The Morgan fingerprint density at radius 3 is 2.59 bits per heavy atom. The van der Waals surface area contributed by atoms with Crippen molar-refractivity contribution in [3.63, 3.8) is 0 Å². The van der Waals surface area contributed by atoms with Gasteiger partial charge in [-0.25, -0.2) is 4.98 Å². The summed E-state index contributed by atoms with van der Waals surface area (Å²) in [6.07, 6.45) is 4.01. The van der Waals surface area contributed by atoms with E-state index in [1.54, 1.807) is 0 Å². The minimum Gasteiger partial charge on any atom is -0.362 e. The second-order valence-electron chi connectivity index (χ2n) is 5.52. The Labute approximate surface area is 138 Å². The summed E-state index contributed by atoms with van der Waals surface area (Å²) in [4.78, 5) is 4.29. The van der Waals surface area contributed by atoms with Crippen LogP contribution in [0, 0.1) is 12.8 Å². The summed E-state index contributed by atoms with van der Waals surface area (Å²) in [6.45, 7) is 5.10. The van der Waals surface area contributed by atoms with Gasteiger partial charge in [0.05, 0.1) is 0 Å². The molecule has 3 nitrogen and oxygen atoms in total. The molecule has 2 N–H and O–H groups in total. The first kappa shape index (κ1) is 16.4. The molecule has 0 saturated carbocycles. The summed E-state index contributed by atoms with van der Waals surface area (Å²) in [5.74, 6) is 1.34. The van der Waals surface area contributed by atoms with Crippen molar-refractivity contribution >= 4 is 23.1 Å². The zero-order chi connectivity index (χ0) is 15.8. The van der Waals surface area contributed by atoms with E-state index in [4.69, 9.17) is 12.2 Å². The number of aromatic nitrogens is 1. The van der Waals surface area contributed by atoms with Crippen LogP contribution in [0.5, 0.6) is 0 Å². The number of hydrogen-bond acceptors (Lipinski definition) is 2. The van der Waals surface area contributed by atoms with Crippen LogP contribution in [0.2, 0.25) is 0 Å². The van der Waals surface area contributed by atoms with Crippen LogP contribution in [-0.2, 0) is 6.42 Å². The van der Waals surface area contributed by atoms with Crippen LogP contribution < -0.4 is 10.6 Å². The van der Waals surface area contributed by atoms with Crippen molar-refractivity contribution in [3.8, 4) is 0 Å². The first-order chi connectivity index (χ1) is 10.7. The summed E-state index contributed by atoms with van der Waals surface area (Å²) in [7, 11) is 0. The van der Waals surface area contributed by atoms with Gasteiger partial charge in [0.15, 0.2) is 5.11 Å². The zero-order valence-corrected chi connectivity index (χ0v) is 14.0. The molecule has 0 radical (unpaired) electrons. The van der Waals surface area contributed by atoms with Crippen LogP contribution in [0.25, 0.3) is 0 Å². The molecule has 1 heterocycles. The average Bonchev–Trinajstić information content (AvgIpc) is 2.54. The summed E-state index contributed by atoms with van der Waals surface area (Å²) in [5.41, 5.74) is 2.51. The molecular formula is C18H23N3S. The fraction of sp³-hybridized carbons (Fsp3) is 0.333. The van der Waals surface area contributed by atoms with E-state index in [1.807, 2.05) is 25.3 Å². The number of aryl methyl sites for hydroxylation is 1. The molecule has 116 valence electrons. The normalized spacial score (nSPS) is 11.7. The fourth-order valence-corrected chi connectivity index (χ4v) is 2.44. The van der Waals surface area contributed by atoms with E-state index in [2.05, 4.69) is 52.9 Å². The molecule has 22 heavy (non-hydrogen) atoms. The molecule has 1 aromatic heterocycles. The highest BCUT2D eigenvalue weighted by atomic mass is 32.1. The largest absolute Gasteiger partial charge is 0.362 e. The van der Waals surface area contributed by atoms with E-state index in [1.165, 1.54) is 5.56 Å². The Morgan fingerprint density at radius 1 is 1.18 bits per heavy atom. The molecule has 0 bridgehead atoms. The molecule has 1 atom stereocenters. The number of rotatable bonds is 6. The van der Waals surface area contributed by atoms with Gasteiger partial charge in [0.2, 0.25) is 0 Å². The highest BCUT2D eigenvalue weighted by Crippen LogP contribution is 2.11. The Kier molecular flexibility index (Phi) is 6.34. The molecule has 2 rings (SSSR count). The van der Waals surface area contributed by atoms with Crippen molar-refractivity contribution in [1.29, 1.82) is 0 Å². The standard InChI is InChI=1S/C18H23N3S/c1-3-15(11-16-7-5-4-6-8-16)13-20-18(22)21-17-10-9-14(2)12-19-17/h4-10,12,15H,3,11,13H2,1-2H3,(H2,19,20,21,22)/t15-/m0/s1. The van der Waals surface area contributed by atoms with Crippen LogP contribution in [0.3, 0.4) is 0 Å². The van der Waals surface area contributed by atoms with Gasteiger partial charge in [-0.15, -0.1) is 0 Å². The van der Waals surface area contributed by atoms with E-state index in [-0.39, 0.29) is 0 Å². The minimum absolute atomic E-state index is 0.563. The van der Waals surface area contributed by atoms with Crippen molar-refractivity contribution in [3.05, 3.63) is 59.8 Å². The lowest BCUT2D eigenvalue weighted by molar-refractivity contribution is 0.498. The van der Waals surface area contributed by atoms with Gasteiger partial charge in [0, 0.05) is 12.7 Å². The average molecular weight is 313 g/mol. The maximum absolute atomic E-state index is 5.34. The van der Waals surface area contributed by atoms with Gasteiger partial charge in [-0.2, -0.15) is 0 Å². The van der Waals surface area contributed by atoms with E-state index in [0.717, 1.165) is 30.8 Å². The predicted molar refractivity (Wildman–Crippen MR) is 97.1 cm³/mol. The highest BCUT2D eigenvalue weighted by Gasteiger charge is 2.08. The highest BCUT2D eigenvalue weighted by molar-refractivity contribution is 7.80. The van der Waals surface area contributed by atoms with Crippen molar-refractivity contribution in [2.75, 3.05) is 11.9 Å². The molecule has 0 saturated heterocycles. The third kappa shape index (κ3) is 5.45. The molecule has 0 spiro atoms. The first-order valence-electron chi connectivity index (χ1n) is 7.68. The molecular weight excluding hydrogens is 290 g/mol. The molecule has 2 aromatic rings. The third-order valence-electron chi connectivity index (χ3n) is 3.65. The van der Waals surface area contributed by atoms with Crippen molar-refractivity contribution in [2.45, 2.75) is 26.7 Å². The summed E-state index contributed by atoms with van der Waals surface area (Å²) in [6, 6.07) is 14.5. The molecule has 0 aliphatic heterocycles. The van der Waals surface area contributed by atoms with Crippen LogP contribution >= 0.6 is 12.2 Å². The van der Waals surface area contributed by atoms with Gasteiger partial charge < -0.3 is 10.6 Å². The minimum atomic E-state index is 0.563. The van der Waals surface area contributed by atoms with Gasteiger partial charge in [-0.05, 0) is 48.7 Å². The number of nitrogens with zero attached hydrogens (tertiary/aromatic N) is 1. The molecule has 1 aromatic carbocycles. The SMILES string of the molecule is CC[C@H](CNC(=S)Nc1ccc(C)cn1)Cc1ccccc1. The van der Waals surface area contributed by atoms with Crippen molar-refractivity contribution in [1.82, 2.24) is 10.3 Å². The van der Waals surface area contributed by atoms with E-state index in [0.29, 0.717) is 11.0 Å². The number of anilines is 1. The van der Waals surface area contributed by atoms with Gasteiger partial charge in [0.1, 0.15) is 5.82 Å². The lowest BCUT2D eigenvalue weighted by Crippen LogP contribution is -2.33. The predicted octanol–water partition coefficient (Wildman–Crippen LogP) is 3.95. The Morgan fingerprint density at radius 2 is 1.95 bits per heavy atom. The molecule has 0 fully saturated rings. The number of thiocarbonyl (C=S) groups is 1. The monoisotopic (exact) mass is 313 g/mol. The second kappa shape index (κ2) is 8.49. The summed E-state index contributed by atoms with van der Waals surface area (Å²) >= 11 is 5.34. The van der Waals surface area contributed by atoms with E-state index in [9.17, 15) is 0 Å². The van der Waals surface area contributed by atoms with Gasteiger partial charge in [-0.3, -0.25) is 0 Å². The third-order valence-corrected chi connectivity index (χ3v) is 3.90. The molecule has 4 heteroatoms.